The molecule has 0 radical (unpaired) electrons. The molecule has 0 bridgehead atoms. The Bertz CT molecular complexity index is 258. The van der Waals surface area contributed by atoms with Gasteiger partial charge in [0.15, 0.2) is 6.26 Å². The standard InChI is InChI=1S/C7H5NO2/c8-5-7-3-1-2-4-9-10-6-7/h1-4,6H. The topological polar surface area (TPSA) is 50.1 Å². The third-order valence-corrected chi connectivity index (χ3v) is 0.881. The van der Waals surface area contributed by atoms with Gasteiger partial charge in [-0.25, -0.2) is 0 Å². The second kappa shape index (κ2) is 3.36. The first-order valence-electron chi connectivity index (χ1n) is 2.69. The molecule has 0 aliphatic heterocycles. The van der Waals surface area contributed by atoms with Crippen LogP contribution in [0.4, 0.5) is 0 Å². The molecule has 3 heteroatoms. The largest absolute Gasteiger partial charge is 0.299 e. The van der Waals surface area contributed by atoms with E-state index in [1.807, 2.05) is 6.07 Å². The molecular weight excluding hydrogens is 130 g/mol. The summed E-state index contributed by atoms with van der Waals surface area (Å²) in [6.07, 6.45) is 2.61. The van der Waals surface area contributed by atoms with Crippen LogP contribution in [0.3, 0.4) is 0 Å². The van der Waals surface area contributed by atoms with Gasteiger partial charge in [-0.15, -0.1) is 0 Å². The number of hydrogen-bond donors (Lipinski definition) is 0. The highest BCUT2D eigenvalue weighted by molar-refractivity contribution is 5.21. The van der Waals surface area contributed by atoms with Crippen molar-refractivity contribution in [3.63, 3.8) is 0 Å². The minimum atomic E-state index is 0.421. The van der Waals surface area contributed by atoms with E-state index in [9.17, 15) is 0 Å². The van der Waals surface area contributed by atoms with E-state index in [1.54, 1.807) is 18.2 Å². The van der Waals surface area contributed by atoms with Gasteiger partial charge in [0, 0.05) is 0 Å². The fourth-order valence-electron chi connectivity index (χ4n) is 0.451. The van der Waals surface area contributed by atoms with Gasteiger partial charge in [0.2, 0.25) is 0 Å². The first kappa shape index (κ1) is 6.43. The second-order valence-corrected chi connectivity index (χ2v) is 1.57. The van der Waals surface area contributed by atoms with Crippen LogP contribution in [0.15, 0.2) is 39.9 Å². The second-order valence-electron chi connectivity index (χ2n) is 1.57. The Hall–Kier alpha value is -1.69. The van der Waals surface area contributed by atoms with Crippen molar-refractivity contribution >= 4 is 0 Å². The predicted molar refractivity (Wildman–Crippen MR) is 33.3 cm³/mol. The summed E-state index contributed by atoms with van der Waals surface area (Å²) >= 11 is 0. The van der Waals surface area contributed by atoms with Crippen LogP contribution >= 0.6 is 0 Å². The van der Waals surface area contributed by atoms with E-state index in [1.165, 1.54) is 12.5 Å². The SMILES string of the molecule is N#Cc1ccccooc1. The highest BCUT2D eigenvalue weighted by atomic mass is 17.0. The highest BCUT2D eigenvalue weighted by Gasteiger charge is 1.81. The van der Waals surface area contributed by atoms with Crippen molar-refractivity contribution in [2.75, 3.05) is 0 Å². The van der Waals surface area contributed by atoms with Crippen molar-refractivity contribution in [3.05, 3.63) is 36.3 Å². The van der Waals surface area contributed by atoms with Crippen molar-refractivity contribution in [2.24, 2.45) is 0 Å². The first-order chi connectivity index (χ1) is 4.93. The molecule has 0 unspecified atom stereocenters. The third-order valence-electron chi connectivity index (χ3n) is 0.881. The summed E-state index contributed by atoms with van der Waals surface area (Å²) < 4.78 is 8.90. The molecule has 0 aliphatic rings. The van der Waals surface area contributed by atoms with Crippen LogP contribution in [0, 0.1) is 11.3 Å². The lowest BCUT2D eigenvalue weighted by molar-refractivity contribution is 0.0474. The maximum atomic E-state index is 8.38. The van der Waals surface area contributed by atoms with E-state index in [4.69, 9.17) is 5.26 Å². The number of nitriles is 1. The Kier molecular flexibility index (Phi) is 2.16. The predicted octanol–water partition coefficient (Wildman–Crippen LogP) is 1.87. The average molecular weight is 135 g/mol. The van der Waals surface area contributed by atoms with Crippen LogP contribution in [0.25, 0.3) is 0 Å². The number of nitrogens with zero attached hydrogens (tertiary/aromatic N) is 1. The molecule has 1 aromatic heterocycles. The van der Waals surface area contributed by atoms with E-state index in [0.29, 0.717) is 5.56 Å². The molecule has 1 rings (SSSR count). The molecule has 0 spiro atoms. The van der Waals surface area contributed by atoms with E-state index >= 15 is 0 Å². The van der Waals surface area contributed by atoms with E-state index < -0.39 is 0 Å². The summed E-state index contributed by atoms with van der Waals surface area (Å²) in [7, 11) is 0. The van der Waals surface area contributed by atoms with E-state index in [2.05, 4.69) is 9.15 Å². The number of hydrogen-bond acceptors (Lipinski definition) is 3. The Morgan fingerprint density at radius 3 is 3.00 bits per heavy atom. The van der Waals surface area contributed by atoms with Gasteiger partial charge in [0.1, 0.15) is 12.3 Å². The zero-order valence-electron chi connectivity index (χ0n) is 5.15. The normalized spacial score (nSPS) is 7.90. The Labute approximate surface area is 57.7 Å². The molecule has 0 fully saturated rings. The molecule has 1 aromatic rings. The van der Waals surface area contributed by atoms with Crippen molar-refractivity contribution in [1.82, 2.24) is 0 Å². The molecular formula is C7H5NO2. The monoisotopic (exact) mass is 135 g/mol. The fourth-order valence-corrected chi connectivity index (χ4v) is 0.451. The van der Waals surface area contributed by atoms with Crippen LogP contribution in [0.2, 0.25) is 0 Å². The maximum absolute atomic E-state index is 8.38. The molecule has 0 aliphatic carbocycles. The zero-order chi connectivity index (χ0) is 7.23. The van der Waals surface area contributed by atoms with Crippen LogP contribution in [-0.4, -0.2) is 0 Å². The molecule has 0 N–H and O–H groups in total. The Morgan fingerprint density at radius 1 is 1.30 bits per heavy atom. The quantitative estimate of drug-likeness (QED) is 0.510. The molecule has 0 saturated carbocycles. The van der Waals surface area contributed by atoms with Gasteiger partial charge < -0.3 is 0 Å². The molecule has 0 amide bonds. The van der Waals surface area contributed by atoms with Gasteiger partial charge in [-0.1, -0.05) is 6.07 Å². The lowest BCUT2D eigenvalue weighted by Gasteiger charge is -1.78. The lowest BCUT2D eigenvalue weighted by atomic mass is 10.3. The van der Waals surface area contributed by atoms with Crippen molar-refractivity contribution < 1.29 is 9.15 Å². The van der Waals surface area contributed by atoms with Gasteiger partial charge in [-0.05, 0) is 12.1 Å². The molecule has 50 valence electrons. The smallest absolute Gasteiger partial charge is 0.160 e. The molecule has 3 nitrogen and oxygen atoms in total. The summed E-state index contributed by atoms with van der Waals surface area (Å²) in [5, 5.41) is 8.38. The van der Waals surface area contributed by atoms with Crippen molar-refractivity contribution in [1.29, 1.82) is 5.26 Å². The van der Waals surface area contributed by atoms with Gasteiger partial charge in [-0.3, -0.25) is 9.15 Å². The van der Waals surface area contributed by atoms with E-state index in [-0.39, 0.29) is 0 Å². The van der Waals surface area contributed by atoms with Crippen molar-refractivity contribution in [3.8, 4) is 6.07 Å². The van der Waals surface area contributed by atoms with Crippen LogP contribution in [0.1, 0.15) is 5.56 Å². The summed E-state index contributed by atoms with van der Waals surface area (Å²) in [6.45, 7) is 0. The lowest BCUT2D eigenvalue weighted by Crippen LogP contribution is -1.64. The summed E-state index contributed by atoms with van der Waals surface area (Å²) in [5.74, 6) is 0. The third kappa shape index (κ3) is 1.67. The minimum Gasteiger partial charge on any atom is -0.299 e. The maximum Gasteiger partial charge on any atom is 0.160 e. The fraction of sp³-hybridized carbons (Fsp3) is 0. The first-order valence-corrected chi connectivity index (χ1v) is 2.69. The van der Waals surface area contributed by atoms with Crippen LogP contribution in [0.5, 0.6) is 0 Å². The summed E-state index contributed by atoms with van der Waals surface area (Å²) in [5.41, 5.74) is 0.421. The van der Waals surface area contributed by atoms with Crippen molar-refractivity contribution in [2.45, 2.75) is 0 Å². The Balaban J connectivity index is 3.14. The molecule has 10 heavy (non-hydrogen) atoms. The molecule has 0 saturated heterocycles. The van der Waals surface area contributed by atoms with Gasteiger partial charge in [0.05, 0.1) is 5.56 Å². The molecule has 0 aromatic carbocycles. The minimum absolute atomic E-state index is 0.421. The summed E-state index contributed by atoms with van der Waals surface area (Å²) in [6, 6.07) is 6.85. The molecule has 0 atom stereocenters. The van der Waals surface area contributed by atoms with Gasteiger partial charge in [0.25, 0.3) is 0 Å². The zero-order valence-corrected chi connectivity index (χ0v) is 5.15. The number of rotatable bonds is 0. The van der Waals surface area contributed by atoms with Gasteiger partial charge in [-0.2, -0.15) is 5.26 Å². The highest BCUT2D eigenvalue weighted by Crippen LogP contribution is 1.91. The average Bonchev–Trinajstić information content (AvgIpc) is 1.87. The van der Waals surface area contributed by atoms with Gasteiger partial charge >= 0.3 is 0 Å². The molecule has 1 heterocycles. The van der Waals surface area contributed by atoms with Crippen LogP contribution in [-0.2, 0) is 0 Å². The summed E-state index contributed by atoms with van der Waals surface area (Å²) in [4.78, 5) is 0. The Morgan fingerprint density at radius 2 is 2.20 bits per heavy atom. The van der Waals surface area contributed by atoms with Crippen LogP contribution < -0.4 is 0 Å². The van der Waals surface area contributed by atoms with E-state index in [0.717, 1.165) is 0 Å².